The van der Waals surface area contributed by atoms with E-state index in [1.165, 1.54) is 12.3 Å². The van der Waals surface area contributed by atoms with E-state index in [1.807, 2.05) is 4.90 Å². The van der Waals surface area contributed by atoms with Crippen LogP contribution < -0.4 is 10.4 Å². The number of aliphatic hydroxyl groups is 1. The van der Waals surface area contributed by atoms with Gasteiger partial charge in [-0.15, -0.1) is 0 Å². The van der Waals surface area contributed by atoms with Crippen molar-refractivity contribution in [1.29, 1.82) is 0 Å². The highest BCUT2D eigenvalue weighted by Crippen LogP contribution is 2.39. The van der Waals surface area contributed by atoms with Gasteiger partial charge in [0.2, 0.25) is 0 Å². The average Bonchev–Trinajstić information content (AvgIpc) is 3.40. The van der Waals surface area contributed by atoms with Gasteiger partial charge in [-0.05, 0) is 51.0 Å². The Balaban J connectivity index is 1.64. The molecule has 3 N–H and O–H groups in total. The summed E-state index contributed by atoms with van der Waals surface area (Å²) in [5, 5.41) is 17.0. The molecule has 0 spiro atoms. The summed E-state index contributed by atoms with van der Waals surface area (Å²) >= 11 is 0. The van der Waals surface area contributed by atoms with Crippen LogP contribution in [-0.4, -0.2) is 44.9 Å². The normalized spacial score (nSPS) is 16.8. The van der Waals surface area contributed by atoms with E-state index in [0.29, 0.717) is 29.8 Å². The number of amides is 1. The molecule has 1 fully saturated rings. The molecule has 0 saturated carbocycles. The molecular formula is C21H23F2N5O3. The lowest BCUT2D eigenvalue weighted by molar-refractivity contribution is -0.0956. The molecule has 0 unspecified atom stereocenters. The summed E-state index contributed by atoms with van der Waals surface area (Å²) in [5.41, 5.74) is 2.34. The van der Waals surface area contributed by atoms with E-state index in [2.05, 4.69) is 20.7 Å². The van der Waals surface area contributed by atoms with Gasteiger partial charge in [0, 0.05) is 18.3 Å². The van der Waals surface area contributed by atoms with Crippen molar-refractivity contribution in [3.05, 3.63) is 53.2 Å². The number of aromatic nitrogens is 3. The minimum absolute atomic E-state index is 0.233. The Kier molecular flexibility index (Phi) is 5.59. The second-order valence-electron chi connectivity index (χ2n) is 8.14. The van der Waals surface area contributed by atoms with Crippen molar-refractivity contribution in [3.8, 4) is 0 Å². The van der Waals surface area contributed by atoms with Crippen molar-refractivity contribution in [3.63, 3.8) is 0 Å². The van der Waals surface area contributed by atoms with Crippen LogP contribution in [-0.2, 0) is 4.84 Å². The largest absolute Gasteiger partial charge is 0.393 e. The van der Waals surface area contributed by atoms with Crippen LogP contribution in [0.5, 0.6) is 0 Å². The van der Waals surface area contributed by atoms with E-state index in [1.54, 1.807) is 19.9 Å². The van der Waals surface area contributed by atoms with Gasteiger partial charge < -0.3 is 10.0 Å². The van der Waals surface area contributed by atoms with Crippen molar-refractivity contribution >= 4 is 22.8 Å². The Labute approximate surface area is 177 Å². The fourth-order valence-corrected chi connectivity index (χ4v) is 3.62. The van der Waals surface area contributed by atoms with Crippen LogP contribution >= 0.6 is 0 Å². The fourth-order valence-electron chi connectivity index (χ4n) is 3.62. The molecule has 0 radical (unpaired) electrons. The summed E-state index contributed by atoms with van der Waals surface area (Å²) in [4.78, 5) is 23.8. The van der Waals surface area contributed by atoms with E-state index in [0.717, 1.165) is 18.6 Å². The number of hydrogen-bond donors (Lipinski definition) is 3. The highest BCUT2D eigenvalue weighted by Gasteiger charge is 2.31. The number of nitrogens with one attached hydrogen (secondary N) is 2. The average molecular weight is 431 g/mol. The van der Waals surface area contributed by atoms with Gasteiger partial charge >= 0.3 is 0 Å². The lowest BCUT2D eigenvalue weighted by atomic mass is 10.0. The van der Waals surface area contributed by atoms with Gasteiger partial charge in [-0.3, -0.25) is 14.7 Å². The summed E-state index contributed by atoms with van der Waals surface area (Å²) < 4.78 is 28.2. The maximum Gasteiger partial charge on any atom is 0.276 e. The predicted octanol–water partition coefficient (Wildman–Crippen LogP) is 3.01. The topological polar surface area (TPSA) is 103 Å². The molecule has 164 valence electrons. The number of aromatic amines is 1. The molecule has 10 heteroatoms. The molecule has 1 amide bonds. The lowest BCUT2D eigenvalue weighted by Crippen LogP contribution is -2.38. The summed E-state index contributed by atoms with van der Waals surface area (Å²) in [7, 11) is 0. The van der Waals surface area contributed by atoms with Crippen LogP contribution in [0.3, 0.4) is 0 Å². The zero-order valence-corrected chi connectivity index (χ0v) is 17.2. The monoisotopic (exact) mass is 431 g/mol. The first kappa shape index (κ1) is 21.1. The Morgan fingerprint density at radius 3 is 2.97 bits per heavy atom. The molecule has 31 heavy (non-hydrogen) atoms. The van der Waals surface area contributed by atoms with Gasteiger partial charge in [-0.2, -0.15) is 5.10 Å². The van der Waals surface area contributed by atoms with Crippen LogP contribution in [0.15, 0.2) is 30.5 Å². The number of H-pyrrole nitrogens is 1. The number of anilines is 1. The quantitative estimate of drug-likeness (QED) is 0.519. The molecule has 1 aliphatic heterocycles. The molecule has 1 aliphatic rings. The number of rotatable bonds is 6. The minimum Gasteiger partial charge on any atom is -0.393 e. The second-order valence-corrected chi connectivity index (χ2v) is 8.14. The predicted molar refractivity (Wildman–Crippen MR) is 109 cm³/mol. The van der Waals surface area contributed by atoms with Crippen molar-refractivity contribution < 1.29 is 23.5 Å². The number of halogens is 2. The number of carbonyl (C=O) groups excluding carboxylic acids is 1. The third kappa shape index (κ3) is 4.21. The molecule has 0 aliphatic carbocycles. The van der Waals surface area contributed by atoms with Crippen LogP contribution in [0, 0.1) is 11.6 Å². The Hall–Kier alpha value is -3.11. The first-order valence-corrected chi connectivity index (χ1v) is 9.94. The van der Waals surface area contributed by atoms with Gasteiger partial charge in [0.05, 0.1) is 23.6 Å². The van der Waals surface area contributed by atoms with E-state index in [4.69, 9.17) is 4.84 Å². The standard InChI is InChI=1S/C21H23F2N5O3/c1-21(2,11-29)31-27-20(30)12-8-15-18(24-10-12)25-26-19(15)28-7-3-4-17(28)14-9-13(22)5-6-16(14)23/h5-6,8-10,17,29H,3-4,7,11H2,1-2H3,(H,27,30)(H,24,25,26)/t17-/m1/s1. The van der Waals surface area contributed by atoms with Crippen LogP contribution in [0.2, 0.25) is 0 Å². The Morgan fingerprint density at radius 1 is 1.39 bits per heavy atom. The first-order chi connectivity index (χ1) is 14.8. The van der Waals surface area contributed by atoms with Crippen molar-refractivity contribution in [1.82, 2.24) is 20.7 Å². The minimum atomic E-state index is -0.939. The number of hydrogen-bond acceptors (Lipinski definition) is 6. The maximum atomic E-state index is 14.4. The van der Waals surface area contributed by atoms with Crippen molar-refractivity contribution in [2.45, 2.75) is 38.3 Å². The maximum absolute atomic E-state index is 14.4. The van der Waals surface area contributed by atoms with Gasteiger partial charge in [-0.1, -0.05) is 0 Å². The molecular weight excluding hydrogens is 408 g/mol. The van der Waals surface area contributed by atoms with Gasteiger partial charge in [0.1, 0.15) is 17.2 Å². The summed E-state index contributed by atoms with van der Waals surface area (Å²) in [6.07, 6.45) is 2.81. The SMILES string of the molecule is CC(C)(CO)ONC(=O)c1cnc2[nH]nc(N3CCC[C@@H]3c3cc(F)ccc3F)c2c1. The first-order valence-electron chi connectivity index (χ1n) is 9.94. The molecule has 1 saturated heterocycles. The number of carbonyl (C=O) groups is 1. The number of nitrogens with zero attached hydrogens (tertiary/aromatic N) is 3. The van der Waals surface area contributed by atoms with Gasteiger partial charge in [-0.25, -0.2) is 19.2 Å². The summed E-state index contributed by atoms with van der Waals surface area (Å²) in [6.45, 7) is 3.58. The summed E-state index contributed by atoms with van der Waals surface area (Å²) in [6, 6.07) is 4.67. The highest BCUT2D eigenvalue weighted by molar-refractivity contribution is 5.98. The van der Waals surface area contributed by atoms with E-state index < -0.39 is 23.1 Å². The Bertz CT molecular complexity index is 1120. The smallest absolute Gasteiger partial charge is 0.276 e. The van der Waals surface area contributed by atoms with Crippen LogP contribution in [0.4, 0.5) is 14.6 Å². The molecule has 3 heterocycles. The zero-order valence-electron chi connectivity index (χ0n) is 17.2. The number of fused-ring (bicyclic) bond motifs is 1. The third-order valence-electron chi connectivity index (χ3n) is 5.30. The molecule has 1 aromatic carbocycles. The van der Waals surface area contributed by atoms with Gasteiger partial charge in [0.25, 0.3) is 5.91 Å². The number of benzene rings is 1. The van der Waals surface area contributed by atoms with E-state index >= 15 is 0 Å². The molecule has 0 bridgehead atoms. The third-order valence-corrected chi connectivity index (χ3v) is 5.30. The lowest BCUT2D eigenvalue weighted by Gasteiger charge is -2.25. The number of aliphatic hydroxyl groups excluding tert-OH is 1. The molecule has 3 aromatic rings. The summed E-state index contributed by atoms with van der Waals surface area (Å²) in [5.74, 6) is -0.987. The fraction of sp³-hybridized carbons (Fsp3) is 0.381. The van der Waals surface area contributed by atoms with E-state index in [-0.39, 0.29) is 23.8 Å². The number of pyridine rings is 1. The Morgan fingerprint density at radius 2 is 2.19 bits per heavy atom. The van der Waals surface area contributed by atoms with Gasteiger partial charge in [0.15, 0.2) is 11.5 Å². The molecule has 8 nitrogen and oxygen atoms in total. The van der Waals surface area contributed by atoms with Crippen LogP contribution in [0.25, 0.3) is 11.0 Å². The van der Waals surface area contributed by atoms with E-state index in [9.17, 15) is 18.7 Å². The molecule has 2 aromatic heterocycles. The molecule has 1 atom stereocenters. The second kappa shape index (κ2) is 8.20. The zero-order chi connectivity index (χ0) is 22.2. The highest BCUT2D eigenvalue weighted by atomic mass is 19.1. The van der Waals surface area contributed by atoms with Crippen molar-refractivity contribution in [2.24, 2.45) is 0 Å². The number of hydroxylamine groups is 1. The van der Waals surface area contributed by atoms with Crippen LogP contribution in [0.1, 0.15) is 48.7 Å². The van der Waals surface area contributed by atoms with Crippen molar-refractivity contribution in [2.75, 3.05) is 18.1 Å². The molecule has 4 rings (SSSR count).